The largest absolute Gasteiger partial charge is 0.497 e. The molecule has 0 bridgehead atoms. The maximum absolute atomic E-state index is 11.9. The summed E-state index contributed by atoms with van der Waals surface area (Å²) < 4.78 is 10.2. The van der Waals surface area contributed by atoms with E-state index in [1.807, 2.05) is 12.1 Å². The van der Waals surface area contributed by atoms with Gasteiger partial charge in [0.05, 0.1) is 13.7 Å². The lowest BCUT2D eigenvalue weighted by Gasteiger charge is -2.13. The monoisotopic (exact) mass is 350 g/mol. The molecule has 120 valence electrons. The zero-order valence-electron chi connectivity index (χ0n) is 12.8. The number of hydrogen-bond donors (Lipinski definition) is 0. The van der Waals surface area contributed by atoms with Crippen molar-refractivity contribution in [1.29, 1.82) is 0 Å². The topological polar surface area (TPSA) is 35.5 Å². The summed E-state index contributed by atoms with van der Waals surface area (Å²) in [5.74, 6) is 0.267. The molecule has 0 saturated carbocycles. The third kappa shape index (κ3) is 4.27. The van der Waals surface area contributed by atoms with Crippen molar-refractivity contribution in [3.8, 4) is 5.75 Å². The van der Waals surface area contributed by atoms with Crippen LogP contribution >= 0.6 is 23.2 Å². The Morgan fingerprint density at radius 3 is 2.22 bits per heavy atom. The normalized spacial score (nSPS) is 11.2. The highest BCUT2D eigenvalue weighted by Gasteiger charge is 2.15. The van der Waals surface area contributed by atoms with Crippen LogP contribution in [-0.2, 0) is 9.53 Å². The van der Waals surface area contributed by atoms with Crippen molar-refractivity contribution < 1.29 is 14.3 Å². The number of hydrogen-bond acceptors (Lipinski definition) is 3. The third-order valence-electron chi connectivity index (χ3n) is 3.18. The highest BCUT2D eigenvalue weighted by molar-refractivity contribution is 6.38. The summed E-state index contributed by atoms with van der Waals surface area (Å²) in [5.41, 5.74) is 1.98. The molecule has 0 radical (unpaired) electrons. The second-order valence-corrected chi connectivity index (χ2v) is 5.45. The van der Waals surface area contributed by atoms with Crippen LogP contribution in [0.2, 0.25) is 10.0 Å². The van der Waals surface area contributed by atoms with E-state index in [4.69, 9.17) is 32.7 Å². The Balaban J connectivity index is 2.58. The van der Waals surface area contributed by atoms with Gasteiger partial charge >= 0.3 is 5.97 Å². The second-order valence-electron chi connectivity index (χ2n) is 4.64. The van der Waals surface area contributed by atoms with Crippen molar-refractivity contribution in [2.45, 2.75) is 6.92 Å². The quantitative estimate of drug-likeness (QED) is 0.562. The molecule has 23 heavy (non-hydrogen) atoms. The molecular formula is C18H16Cl2O3. The maximum Gasteiger partial charge on any atom is 0.331 e. The van der Waals surface area contributed by atoms with Crippen LogP contribution in [0.3, 0.4) is 0 Å². The summed E-state index contributed by atoms with van der Waals surface area (Å²) in [6.07, 6.45) is 1.40. The summed E-state index contributed by atoms with van der Waals surface area (Å²) in [5, 5.41) is 0.924. The number of carbonyl (C=O) groups is 1. The predicted molar refractivity (Wildman–Crippen MR) is 93.2 cm³/mol. The summed E-state index contributed by atoms with van der Waals surface area (Å²) in [4.78, 5) is 11.9. The Labute approximate surface area is 145 Å². The van der Waals surface area contributed by atoms with Crippen LogP contribution in [0.1, 0.15) is 18.1 Å². The van der Waals surface area contributed by atoms with Crippen LogP contribution in [0.4, 0.5) is 0 Å². The number of methoxy groups -OCH3 is 1. The fourth-order valence-corrected chi connectivity index (χ4v) is 2.73. The smallest absolute Gasteiger partial charge is 0.331 e. The molecule has 0 unspecified atom stereocenters. The number of rotatable bonds is 5. The van der Waals surface area contributed by atoms with Gasteiger partial charge < -0.3 is 9.47 Å². The Morgan fingerprint density at radius 2 is 1.70 bits per heavy atom. The van der Waals surface area contributed by atoms with Crippen LogP contribution < -0.4 is 4.74 Å². The molecule has 0 N–H and O–H groups in total. The minimum atomic E-state index is -0.450. The average molecular weight is 351 g/mol. The molecule has 5 heteroatoms. The number of benzene rings is 2. The first-order valence-corrected chi connectivity index (χ1v) is 7.79. The minimum Gasteiger partial charge on any atom is -0.497 e. The van der Waals surface area contributed by atoms with E-state index in [0.29, 0.717) is 27.8 Å². The Kier molecular flexibility index (Phi) is 6.08. The minimum absolute atomic E-state index is 0.293. The molecule has 0 amide bonds. The van der Waals surface area contributed by atoms with Crippen molar-refractivity contribution in [2.75, 3.05) is 13.7 Å². The van der Waals surface area contributed by atoms with E-state index in [2.05, 4.69) is 0 Å². The molecule has 0 aliphatic heterocycles. The summed E-state index contributed by atoms with van der Waals surface area (Å²) in [7, 11) is 1.59. The van der Waals surface area contributed by atoms with Gasteiger partial charge in [0.25, 0.3) is 0 Å². The van der Waals surface area contributed by atoms with Crippen molar-refractivity contribution in [3.05, 3.63) is 69.7 Å². The summed E-state index contributed by atoms with van der Waals surface area (Å²) >= 11 is 12.6. The van der Waals surface area contributed by atoms with Crippen LogP contribution in [0.25, 0.3) is 5.57 Å². The summed E-state index contributed by atoms with van der Waals surface area (Å²) in [6.45, 7) is 2.04. The molecule has 0 atom stereocenters. The summed E-state index contributed by atoms with van der Waals surface area (Å²) in [6, 6.07) is 12.5. The van der Waals surface area contributed by atoms with Crippen molar-refractivity contribution >= 4 is 34.7 Å². The van der Waals surface area contributed by atoms with E-state index >= 15 is 0 Å². The third-order valence-corrected chi connectivity index (χ3v) is 3.81. The van der Waals surface area contributed by atoms with Gasteiger partial charge in [-0.05, 0) is 42.3 Å². The van der Waals surface area contributed by atoms with E-state index in [-0.39, 0.29) is 0 Å². The first kappa shape index (κ1) is 17.4. The lowest BCUT2D eigenvalue weighted by molar-refractivity contribution is -0.137. The average Bonchev–Trinajstić information content (AvgIpc) is 2.54. The Morgan fingerprint density at radius 1 is 1.09 bits per heavy atom. The molecule has 0 aliphatic rings. The number of ether oxygens (including phenoxy) is 2. The molecule has 0 heterocycles. The number of carbonyl (C=O) groups excluding carboxylic acids is 1. The maximum atomic E-state index is 11.9. The van der Waals surface area contributed by atoms with Gasteiger partial charge in [-0.3, -0.25) is 0 Å². The van der Waals surface area contributed by atoms with Gasteiger partial charge in [-0.15, -0.1) is 0 Å². The van der Waals surface area contributed by atoms with Gasteiger partial charge in [-0.25, -0.2) is 4.79 Å². The first-order chi connectivity index (χ1) is 11.1. The van der Waals surface area contributed by atoms with E-state index in [9.17, 15) is 4.79 Å². The molecule has 3 nitrogen and oxygen atoms in total. The predicted octanol–water partition coefficient (Wildman–Crippen LogP) is 5.00. The van der Waals surface area contributed by atoms with E-state index in [0.717, 1.165) is 11.3 Å². The molecule has 2 aromatic carbocycles. The highest BCUT2D eigenvalue weighted by atomic mass is 35.5. The van der Waals surface area contributed by atoms with Crippen molar-refractivity contribution in [2.24, 2.45) is 0 Å². The zero-order chi connectivity index (χ0) is 16.8. The molecule has 0 aromatic heterocycles. The Bertz CT molecular complexity index is 701. The molecule has 2 aromatic rings. The van der Waals surface area contributed by atoms with Gasteiger partial charge in [0, 0.05) is 21.7 Å². The van der Waals surface area contributed by atoms with Crippen LogP contribution in [0.5, 0.6) is 5.75 Å². The standard InChI is InChI=1S/C18H16Cl2O3/c1-3-23-17(21)11-14(12-7-9-13(22-2)10-8-12)18-15(19)5-4-6-16(18)20/h4-11H,3H2,1-2H3. The zero-order valence-corrected chi connectivity index (χ0v) is 14.3. The second kappa shape index (κ2) is 8.04. The van der Waals surface area contributed by atoms with Gasteiger partial charge in [0.1, 0.15) is 5.75 Å². The van der Waals surface area contributed by atoms with Crippen LogP contribution in [0, 0.1) is 0 Å². The van der Waals surface area contributed by atoms with E-state index < -0.39 is 5.97 Å². The number of halogens is 2. The fraction of sp³-hybridized carbons (Fsp3) is 0.167. The van der Waals surface area contributed by atoms with Crippen LogP contribution in [0.15, 0.2) is 48.5 Å². The van der Waals surface area contributed by atoms with Gasteiger partial charge in [-0.2, -0.15) is 0 Å². The molecule has 0 spiro atoms. The van der Waals surface area contributed by atoms with Crippen molar-refractivity contribution in [1.82, 2.24) is 0 Å². The SMILES string of the molecule is CCOC(=O)C=C(c1ccc(OC)cc1)c1c(Cl)cccc1Cl. The van der Waals surface area contributed by atoms with Gasteiger partial charge in [0.2, 0.25) is 0 Å². The van der Waals surface area contributed by atoms with E-state index in [1.54, 1.807) is 44.4 Å². The fourth-order valence-electron chi connectivity index (χ4n) is 2.13. The molecule has 0 saturated heterocycles. The molecule has 0 aliphatic carbocycles. The number of esters is 1. The van der Waals surface area contributed by atoms with E-state index in [1.165, 1.54) is 6.08 Å². The lowest BCUT2D eigenvalue weighted by atomic mass is 9.97. The van der Waals surface area contributed by atoms with Gasteiger partial charge in [0.15, 0.2) is 0 Å². The van der Waals surface area contributed by atoms with Crippen molar-refractivity contribution in [3.63, 3.8) is 0 Å². The molecule has 0 fully saturated rings. The first-order valence-electron chi connectivity index (χ1n) is 7.04. The molecular weight excluding hydrogens is 335 g/mol. The Hall–Kier alpha value is -1.97. The molecule has 2 rings (SSSR count). The highest BCUT2D eigenvalue weighted by Crippen LogP contribution is 2.35. The van der Waals surface area contributed by atoms with Gasteiger partial charge in [-0.1, -0.05) is 41.4 Å². The lowest BCUT2D eigenvalue weighted by Crippen LogP contribution is -2.02. The van der Waals surface area contributed by atoms with Crippen LogP contribution in [-0.4, -0.2) is 19.7 Å².